The van der Waals surface area contributed by atoms with Gasteiger partial charge in [-0.1, -0.05) is 18.2 Å². The van der Waals surface area contributed by atoms with Crippen molar-refractivity contribution in [2.75, 3.05) is 14.2 Å². The molecule has 0 fully saturated rings. The molecule has 1 rings (SSSR count). The molecule has 0 aliphatic carbocycles. The van der Waals surface area contributed by atoms with Gasteiger partial charge in [-0.25, -0.2) is 0 Å². The summed E-state index contributed by atoms with van der Waals surface area (Å²) in [6, 6.07) is 7.56. The van der Waals surface area contributed by atoms with Crippen molar-refractivity contribution in [3.05, 3.63) is 29.8 Å². The zero-order chi connectivity index (χ0) is 12.9. The number of ether oxygens (including phenoxy) is 2. The first kappa shape index (κ1) is 14.0. The summed E-state index contributed by atoms with van der Waals surface area (Å²) in [7, 11) is 3.31. The molecule has 0 heterocycles. The number of benzene rings is 1. The molecule has 1 aromatic carbocycles. The van der Waals surface area contributed by atoms with E-state index in [1.165, 1.54) is 0 Å². The third-order valence-electron chi connectivity index (χ3n) is 3.07. The van der Waals surface area contributed by atoms with E-state index in [9.17, 15) is 5.11 Å². The van der Waals surface area contributed by atoms with Gasteiger partial charge in [0, 0.05) is 12.7 Å². The Morgan fingerprint density at radius 1 is 1.24 bits per heavy atom. The van der Waals surface area contributed by atoms with E-state index in [-0.39, 0.29) is 5.60 Å². The highest BCUT2D eigenvalue weighted by Gasteiger charge is 2.20. The van der Waals surface area contributed by atoms with Crippen molar-refractivity contribution in [1.29, 1.82) is 0 Å². The number of aliphatic hydroxyl groups is 1. The average molecular weight is 238 g/mol. The Labute approximate surface area is 103 Å². The summed E-state index contributed by atoms with van der Waals surface area (Å²) in [5, 5.41) is 10.2. The quantitative estimate of drug-likeness (QED) is 0.828. The first-order chi connectivity index (χ1) is 8.00. The van der Waals surface area contributed by atoms with Gasteiger partial charge >= 0.3 is 0 Å². The summed E-state index contributed by atoms with van der Waals surface area (Å²) in [6.07, 6.45) is 0.935. The standard InChI is InChI=1S/C14H22O3/c1-14(2,17-4)10-9-12(15)11-7-5-6-8-13(11)16-3/h5-8,12,15H,9-10H2,1-4H3. The lowest BCUT2D eigenvalue weighted by Crippen LogP contribution is -2.23. The number of hydrogen-bond donors (Lipinski definition) is 1. The van der Waals surface area contributed by atoms with Crippen molar-refractivity contribution in [1.82, 2.24) is 0 Å². The van der Waals surface area contributed by atoms with Crippen molar-refractivity contribution in [2.24, 2.45) is 0 Å². The van der Waals surface area contributed by atoms with Crippen LogP contribution in [0.3, 0.4) is 0 Å². The van der Waals surface area contributed by atoms with Gasteiger partial charge in [0.1, 0.15) is 5.75 Å². The molecule has 96 valence electrons. The first-order valence-electron chi connectivity index (χ1n) is 5.86. The molecule has 17 heavy (non-hydrogen) atoms. The summed E-state index contributed by atoms with van der Waals surface area (Å²) in [6.45, 7) is 4.03. The predicted molar refractivity (Wildman–Crippen MR) is 68.3 cm³/mol. The second kappa shape index (κ2) is 6.03. The molecule has 0 aliphatic rings. The number of rotatable bonds is 6. The minimum Gasteiger partial charge on any atom is -0.496 e. The van der Waals surface area contributed by atoms with Crippen LogP contribution >= 0.6 is 0 Å². The summed E-state index contributed by atoms with van der Waals surface area (Å²) >= 11 is 0. The molecule has 0 spiro atoms. The lowest BCUT2D eigenvalue weighted by Gasteiger charge is -2.24. The summed E-state index contributed by atoms with van der Waals surface area (Å²) in [5.74, 6) is 0.732. The minimum absolute atomic E-state index is 0.205. The van der Waals surface area contributed by atoms with Crippen molar-refractivity contribution >= 4 is 0 Å². The molecule has 3 nitrogen and oxygen atoms in total. The highest BCUT2D eigenvalue weighted by atomic mass is 16.5. The molecule has 0 saturated heterocycles. The van der Waals surface area contributed by atoms with Crippen LogP contribution in [0, 0.1) is 0 Å². The lowest BCUT2D eigenvalue weighted by atomic mass is 9.96. The fraction of sp³-hybridized carbons (Fsp3) is 0.571. The second-order valence-corrected chi connectivity index (χ2v) is 4.76. The SMILES string of the molecule is COc1ccccc1C(O)CCC(C)(C)OC. The van der Waals surface area contributed by atoms with E-state index in [4.69, 9.17) is 9.47 Å². The van der Waals surface area contributed by atoms with Gasteiger partial charge in [0.15, 0.2) is 0 Å². The van der Waals surface area contributed by atoms with E-state index < -0.39 is 6.10 Å². The van der Waals surface area contributed by atoms with Gasteiger partial charge in [0.2, 0.25) is 0 Å². The third kappa shape index (κ3) is 4.02. The monoisotopic (exact) mass is 238 g/mol. The van der Waals surface area contributed by atoms with Crippen LogP contribution in [0.1, 0.15) is 38.4 Å². The number of aliphatic hydroxyl groups excluding tert-OH is 1. The van der Waals surface area contributed by atoms with Gasteiger partial charge in [-0.2, -0.15) is 0 Å². The number of hydrogen-bond acceptors (Lipinski definition) is 3. The summed E-state index contributed by atoms with van der Waals surface area (Å²) in [4.78, 5) is 0. The van der Waals surface area contributed by atoms with E-state index in [0.29, 0.717) is 6.42 Å². The molecule has 3 heteroatoms. The van der Waals surface area contributed by atoms with E-state index in [1.807, 2.05) is 38.1 Å². The molecule has 0 aliphatic heterocycles. The maximum atomic E-state index is 10.2. The zero-order valence-electron chi connectivity index (χ0n) is 11.1. The Hall–Kier alpha value is -1.06. The molecular formula is C14H22O3. The smallest absolute Gasteiger partial charge is 0.124 e. The molecular weight excluding hydrogens is 216 g/mol. The van der Waals surface area contributed by atoms with Gasteiger partial charge in [-0.05, 0) is 32.8 Å². The fourth-order valence-electron chi connectivity index (χ4n) is 1.68. The van der Waals surface area contributed by atoms with Gasteiger partial charge in [0.25, 0.3) is 0 Å². The maximum absolute atomic E-state index is 10.2. The van der Waals surface area contributed by atoms with E-state index in [0.717, 1.165) is 17.7 Å². The van der Waals surface area contributed by atoms with Gasteiger partial charge in [-0.15, -0.1) is 0 Å². The Morgan fingerprint density at radius 3 is 2.47 bits per heavy atom. The summed E-state index contributed by atoms with van der Waals surface area (Å²) < 4.78 is 10.6. The number of methoxy groups -OCH3 is 2. The van der Waals surface area contributed by atoms with Crippen LogP contribution in [0.5, 0.6) is 5.75 Å². The van der Waals surface area contributed by atoms with E-state index in [1.54, 1.807) is 14.2 Å². The molecule has 0 radical (unpaired) electrons. The largest absolute Gasteiger partial charge is 0.496 e. The zero-order valence-corrected chi connectivity index (χ0v) is 11.1. The van der Waals surface area contributed by atoms with E-state index >= 15 is 0 Å². The highest BCUT2D eigenvalue weighted by molar-refractivity contribution is 5.34. The second-order valence-electron chi connectivity index (χ2n) is 4.76. The molecule has 1 unspecified atom stereocenters. The first-order valence-corrected chi connectivity index (χ1v) is 5.86. The van der Waals surface area contributed by atoms with Crippen LogP contribution in [0.2, 0.25) is 0 Å². The van der Waals surface area contributed by atoms with Gasteiger partial charge in [-0.3, -0.25) is 0 Å². The molecule has 0 aromatic heterocycles. The van der Waals surface area contributed by atoms with Crippen molar-refractivity contribution in [3.8, 4) is 5.75 Å². The third-order valence-corrected chi connectivity index (χ3v) is 3.07. The Morgan fingerprint density at radius 2 is 1.88 bits per heavy atom. The van der Waals surface area contributed by atoms with Crippen LogP contribution in [-0.4, -0.2) is 24.9 Å². The normalized spacial score (nSPS) is 13.5. The molecule has 0 amide bonds. The predicted octanol–water partition coefficient (Wildman–Crippen LogP) is 2.93. The van der Waals surface area contributed by atoms with Crippen molar-refractivity contribution in [3.63, 3.8) is 0 Å². The lowest BCUT2D eigenvalue weighted by molar-refractivity contribution is 0.00259. The van der Waals surface area contributed by atoms with Crippen molar-refractivity contribution < 1.29 is 14.6 Å². The van der Waals surface area contributed by atoms with E-state index in [2.05, 4.69) is 0 Å². The molecule has 1 N–H and O–H groups in total. The maximum Gasteiger partial charge on any atom is 0.124 e. The average Bonchev–Trinajstić information content (AvgIpc) is 2.36. The minimum atomic E-state index is -0.513. The van der Waals surface area contributed by atoms with Crippen LogP contribution in [0.25, 0.3) is 0 Å². The highest BCUT2D eigenvalue weighted by Crippen LogP contribution is 2.30. The Balaban J connectivity index is 2.67. The summed E-state index contributed by atoms with van der Waals surface area (Å²) in [5.41, 5.74) is 0.630. The van der Waals surface area contributed by atoms with Crippen LogP contribution < -0.4 is 4.74 Å². The van der Waals surface area contributed by atoms with Crippen LogP contribution in [-0.2, 0) is 4.74 Å². The Bertz CT molecular complexity index is 347. The van der Waals surface area contributed by atoms with Crippen LogP contribution in [0.4, 0.5) is 0 Å². The van der Waals surface area contributed by atoms with Gasteiger partial charge in [0.05, 0.1) is 18.8 Å². The topological polar surface area (TPSA) is 38.7 Å². The number of para-hydroxylation sites is 1. The Kier molecular flexibility index (Phi) is 4.97. The molecule has 1 aromatic rings. The fourth-order valence-corrected chi connectivity index (χ4v) is 1.68. The molecule has 0 bridgehead atoms. The molecule has 1 atom stereocenters. The van der Waals surface area contributed by atoms with Crippen molar-refractivity contribution in [2.45, 2.75) is 38.4 Å². The van der Waals surface area contributed by atoms with Gasteiger partial charge < -0.3 is 14.6 Å². The van der Waals surface area contributed by atoms with Crippen LogP contribution in [0.15, 0.2) is 24.3 Å². The molecule has 0 saturated carbocycles.